The summed E-state index contributed by atoms with van der Waals surface area (Å²) in [5.74, 6) is -1.14. The largest absolute Gasteiger partial charge is 0.476 e. The SMILES string of the molecule is C[Si](C)(C)CCOCn1nc(C(=O)O)c2c1CC1(CCCO1)CC2.Nc1cnn(Cc2ccccc2)c1.O=C(Nc1cnn(Cc2ccccc2)c1)c1n[nH]c2c1CCC1(CCCO1)C2. The molecule has 4 aliphatic rings. The van der Waals surface area contributed by atoms with Crippen molar-refractivity contribution in [3.05, 3.63) is 130 Å². The van der Waals surface area contributed by atoms with Crippen LogP contribution in [0.15, 0.2) is 85.5 Å². The highest BCUT2D eigenvalue weighted by molar-refractivity contribution is 6.76. The zero-order valence-electron chi connectivity index (χ0n) is 37.8. The summed E-state index contributed by atoms with van der Waals surface area (Å²) >= 11 is 0. The fourth-order valence-electron chi connectivity index (χ4n) is 9.21. The Balaban J connectivity index is 0.000000141. The van der Waals surface area contributed by atoms with Gasteiger partial charge in [0.25, 0.3) is 5.91 Å². The lowest BCUT2D eigenvalue weighted by molar-refractivity contribution is -0.0105. The van der Waals surface area contributed by atoms with Crippen molar-refractivity contribution >= 4 is 31.3 Å². The van der Waals surface area contributed by atoms with E-state index in [1.165, 1.54) is 5.56 Å². The van der Waals surface area contributed by atoms with Gasteiger partial charge in [-0.3, -0.25) is 19.3 Å². The van der Waals surface area contributed by atoms with Gasteiger partial charge < -0.3 is 30.4 Å². The average Bonchev–Trinajstić information content (AvgIpc) is 4.17. The third kappa shape index (κ3) is 11.7. The van der Waals surface area contributed by atoms with E-state index in [2.05, 4.69) is 74.7 Å². The summed E-state index contributed by atoms with van der Waals surface area (Å²) in [6, 6.07) is 21.4. The van der Waals surface area contributed by atoms with Crippen LogP contribution in [-0.4, -0.2) is 95.6 Å². The highest BCUT2D eigenvalue weighted by atomic mass is 28.3. The van der Waals surface area contributed by atoms with Crippen LogP contribution in [0.5, 0.6) is 0 Å². The summed E-state index contributed by atoms with van der Waals surface area (Å²) in [5.41, 5.74) is 13.8. The van der Waals surface area contributed by atoms with Crippen LogP contribution in [0.3, 0.4) is 0 Å². The number of aromatic nitrogens is 8. The molecule has 344 valence electrons. The Kier molecular flexibility index (Phi) is 14.1. The van der Waals surface area contributed by atoms with Crippen molar-refractivity contribution in [1.82, 2.24) is 39.5 Å². The van der Waals surface area contributed by atoms with Crippen molar-refractivity contribution in [3.63, 3.8) is 0 Å². The van der Waals surface area contributed by atoms with Gasteiger partial charge in [-0.05, 0) is 68.5 Å². The van der Waals surface area contributed by atoms with Crippen molar-refractivity contribution in [3.8, 4) is 0 Å². The van der Waals surface area contributed by atoms with Gasteiger partial charge in [0.15, 0.2) is 11.4 Å². The van der Waals surface area contributed by atoms with Crippen LogP contribution < -0.4 is 11.1 Å². The summed E-state index contributed by atoms with van der Waals surface area (Å²) in [5, 5.41) is 32.5. The Morgan fingerprint density at radius 3 is 2.03 bits per heavy atom. The van der Waals surface area contributed by atoms with E-state index in [4.69, 9.17) is 19.9 Å². The van der Waals surface area contributed by atoms with Gasteiger partial charge >= 0.3 is 5.97 Å². The Hall–Kier alpha value is -5.88. The predicted octanol–water partition coefficient (Wildman–Crippen LogP) is 7.39. The second-order valence-electron chi connectivity index (χ2n) is 18.9. The quantitative estimate of drug-likeness (QED) is 0.0705. The van der Waals surface area contributed by atoms with Crippen LogP contribution in [0.25, 0.3) is 0 Å². The molecule has 2 fully saturated rings. The lowest BCUT2D eigenvalue weighted by Gasteiger charge is -2.33. The highest BCUT2D eigenvalue weighted by Crippen LogP contribution is 2.40. The maximum Gasteiger partial charge on any atom is 0.356 e. The number of benzene rings is 2. The van der Waals surface area contributed by atoms with Gasteiger partial charge in [0.2, 0.25) is 0 Å². The number of H-pyrrole nitrogens is 1. The number of carbonyl (C=O) groups excluding carboxylic acids is 1. The summed E-state index contributed by atoms with van der Waals surface area (Å²) in [6.07, 6.45) is 16.3. The molecule has 6 heterocycles. The number of ether oxygens (including phenoxy) is 3. The van der Waals surface area contributed by atoms with E-state index in [-0.39, 0.29) is 22.8 Å². The number of rotatable bonds is 12. The molecule has 6 aromatic rings. The fraction of sp³-hybridized carbons (Fsp3) is 0.458. The Morgan fingerprint density at radius 1 is 0.831 bits per heavy atom. The third-order valence-corrected chi connectivity index (χ3v) is 14.4. The van der Waals surface area contributed by atoms with Gasteiger partial charge in [-0.1, -0.05) is 80.3 Å². The highest BCUT2D eigenvalue weighted by Gasteiger charge is 2.42. The standard InChI is InChI=1S/C21H23N5O2.C17H28N2O4Si.C10H11N3/c27-20(23-16-12-22-26(14-16)13-15-5-2-1-3-6-15)19-17-7-9-21(8-4-10-28-21)11-18(17)24-25-19;1-24(2,3)10-9-22-12-19-14-11-17(6-4-8-23-17)7-5-13(14)15(18-19)16(20)21;11-10-6-12-13(8-10)7-9-4-2-1-3-5-9/h1-3,5-6,12,14H,4,7-11,13H2,(H,23,27)(H,24,25);4-12H2,1-3H3,(H,20,21);1-6,8H,7,11H2. The van der Waals surface area contributed by atoms with E-state index in [1.807, 2.05) is 58.2 Å². The summed E-state index contributed by atoms with van der Waals surface area (Å²) in [4.78, 5) is 24.3. The number of nitrogens with two attached hydrogens (primary N) is 1. The molecule has 2 spiro atoms. The van der Waals surface area contributed by atoms with Gasteiger partial charge in [0.1, 0.15) is 6.73 Å². The molecule has 2 aliphatic carbocycles. The van der Waals surface area contributed by atoms with Crippen LogP contribution in [0.1, 0.15) is 93.1 Å². The molecule has 1 amide bonds. The first-order chi connectivity index (χ1) is 31.3. The van der Waals surface area contributed by atoms with E-state index in [0.717, 1.165) is 118 Å². The molecule has 2 aromatic carbocycles. The number of hydrogen-bond acceptors (Lipinski definition) is 10. The van der Waals surface area contributed by atoms with E-state index in [1.54, 1.807) is 17.1 Å². The molecular weight excluding hydrogens is 841 g/mol. The first kappa shape index (κ1) is 45.7. The number of nitrogens with one attached hydrogen (secondary N) is 2. The van der Waals surface area contributed by atoms with E-state index in [9.17, 15) is 14.7 Å². The molecule has 0 bridgehead atoms. The number of fused-ring (bicyclic) bond motifs is 2. The van der Waals surface area contributed by atoms with E-state index < -0.39 is 14.0 Å². The number of carbonyl (C=O) groups is 2. The van der Waals surface area contributed by atoms with Gasteiger partial charge in [-0.15, -0.1) is 0 Å². The van der Waals surface area contributed by atoms with E-state index in [0.29, 0.717) is 37.0 Å². The topological polar surface area (TPSA) is 202 Å². The molecule has 4 aromatic heterocycles. The number of hydrogen-bond donors (Lipinski definition) is 4. The minimum atomic E-state index is -1.13. The van der Waals surface area contributed by atoms with Crippen molar-refractivity contribution < 1.29 is 28.9 Å². The second-order valence-corrected chi connectivity index (χ2v) is 24.5. The van der Waals surface area contributed by atoms with Crippen molar-refractivity contribution in [1.29, 1.82) is 0 Å². The van der Waals surface area contributed by atoms with Crippen LogP contribution >= 0.6 is 0 Å². The lowest BCUT2D eigenvalue weighted by Crippen LogP contribution is -2.36. The monoisotopic (exact) mass is 902 g/mol. The summed E-state index contributed by atoms with van der Waals surface area (Å²) in [6.45, 7) is 11.1. The maximum atomic E-state index is 12.8. The molecule has 0 radical (unpaired) electrons. The predicted molar refractivity (Wildman–Crippen MR) is 250 cm³/mol. The molecule has 5 N–H and O–H groups in total. The molecule has 16 nitrogen and oxygen atoms in total. The lowest BCUT2D eigenvalue weighted by atomic mass is 9.81. The molecule has 0 saturated carbocycles. The van der Waals surface area contributed by atoms with Crippen LogP contribution in [0.4, 0.5) is 11.4 Å². The minimum Gasteiger partial charge on any atom is -0.476 e. The minimum absolute atomic E-state index is 0.0497. The molecule has 17 heteroatoms. The van der Waals surface area contributed by atoms with Gasteiger partial charge in [0.05, 0.1) is 48.1 Å². The average molecular weight is 903 g/mol. The first-order valence-corrected chi connectivity index (χ1v) is 26.5. The Labute approximate surface area is 380 Å². The molecule has 2 saturated heterocycles. The third-order valence-electron chi connectivity index (χ3n) is 12.7. The van der Waals surface area contributed by atoms with Gasteiger partial charge in [0, 0.05) is 75.6 Å². The smallest absolute Gasteiger partial charge is 0.356 e. The van der Waals surface area contributed by atoms with Gasteiger partial charge in [-0.25, -0.2) is 9.48 Å². The molecular formula is C48H62N10O6Si. The summed E-state index contributed by atoms with van der Waals surface area (Å²) < 4.78 is 23.2. The molecule has 2 atom stereocenters. The number of carboxylic acid groups (broad SMARTS) is 1. The van der Waals surface area contributed by atoms with E-state index >= 15 is 0 Å². The molecule has 10 rings (SSSR count). The zero-order chi connectivity index (χ0) is 45.4. The second kappa shape index (κ2) is 20.1. The van der Waals surface area contributed by atoms with Gasteiger partial charge in [-0.2, -0.15) is 20.4 Å². The first-order valence-electron chi connectivity index (χ1n) is 22.8. The maximum absolute atomic E-state index is 12.8. The Morgan fingerprint density at radius 2 is 1.45 bits per heavy atom. The zero-order valence-corrected chi connectivity index (χ0v) is 38.8. The normalized spacial score (nSPS) is 19.8. The number of carboxylic acids is 1. The van der Waals surface area contributed by atoms with Crippen molar-refractivity contribution in [2.75, 3.05) is 30.9 Å². The number of nitrogen functional groups attached to an aromatic ring is 1. The fourth-order valence-corrected chi connectivity index (χ4v) is 9.97. The number of aromatic amines is 1. The number of nitrogens with zero attached hydrogens (tertiary/aromatic N) is 7. The van der Waals surface area contributed by atoms with Crippen LogP contribution in [0.2, 0.25) is 25.7 Å². The Bertz CT molecular complexity index is 2510. The number of amides is 1. The van der Waals surface area contributed by atoms with Crippen molar-refractivity contribution in [2.24, 2.45) is 0 Å². The van der Waals surface area contributed by atoms with Crippen LogP contribution in [-0.2, 0) is 59.7 Å². The molecule has 2 unspecified atom stereocenters. The summed E-state index contributed by atoms with van der Waals surface area (Å²) in [7, 11) is -1.13. The van der Waals surface area contributed by atoms with Crippen LogP contribution in [0, 0.1) is 0 Å². The molecule has 65 heavy (non-hydrogen) atoms. The van der Waals surface area contributed by atoms with Crippen molar-refractivity contribution in [2.45, 2.75) is 121 Å². The number of anilines is 2. The molecule has 2 aliphatic heterocycles. The number of aromatic carboxylic acids is 1.